The highest BCUT2D eigenvalue weighted by atomic mass is 16.5. The molecule has 2 aromatic carbocycles. The summed E-state index contributed by atoms with van der Waals surface area (Å²) in [5.41, 5.74) is 7.88. The maximum Gasteiger partial charge on any atom is 0.123 e. The summed E-state index contributed by atoms with van der Waals surface area (Å²) in [5, 5.41) is 0. The van der Waals surface area contributed by atoms with Crippen LogP contribution in [0, 0.1) is 0 Å². The number of hydrogen-bond donors (Lipinski definition) is 1. The van der Waals surface area contributed by atoms with Crippen LogP contribution in [0.5, 0.6) is 17.2 Å². The third kappa shape index (κ3) is 5.68. The molecule has 2 rings (SSSR count). The van der Waals surface area contributed by atoms with Gasteiger partial charge in [-0.1, -0.05) is 32.9 Å². The normalized spacial score (nSPS) is 11.2. The van der Waals surface area contributed by atoms with Gasteiger partial charge in [0.1, 0.15) is 30.5 Å². The average Bonchev–Trinajstić information content (AvgIpc) is 2.58. The van der Waals surface area contributed by atoms with E-state index in [4.69, 9.17) is 19.9 Å². The summed E-state index contributed by atoms with van der Waals surface area (Å²) in [6.07, 6.45) is 0.856. The Labute approximate surface area is 150 Å². The molecule has 4 heteroatoms. The van der Waals surface area contributed by atoms with Crippen LogP contribution >= 0.6 is 0 Å². The molecule has 0 amide bonds. The summed E-state index contributed by atoms with van der Waals surface area (Å²) in [6.45, 7) is 8.09. The highest BCUT2D eigenvalue weighted by Crippen LogP contribution is 2.34. The molecule has 0 saturated carbocycles. The van der Waals surface area contributed by atoms with E-state index in [1.54, 1.807) is 7.11 Å². The molecule has 0 unspecified atom stereocenters. The Morgan fingerprint density at radius 1 is 0.920 bits per heavy atom. The van der Waals surface area contributed by atoms with Gasteiger partial charge in [0.25, 0.3) is 0 Å². The van der Waals surface area contributed by atoms with Gasteiger partial charge in [-0.25, -0.2) is 0 Å². The Balaban J connectivity index is 1.94. The van der Waals surface area contributed by atoms with Crippen molar-refractivity contribution in [1.82, 2.24) is 0 Å². The third-order valence-corrected chi connectivity index (χ3v) is 3.94. The number of ether oxygens (including phenoxy) is 3. The molecule has 0 spiro atoms. The van der Waals surface area contributed by atoms with Gasteiger partial charge in [-0.05, 0) is 54.3 Å². The average molecular weight is 343 g/mol. The van der Waals surface area contributed by atoms with Crippen molar-refractivity contribution >= 4 is 0 Å². The summed E-state index contributed by atoms with van der Waals surface area (Å²) in [6, 6.07) is 13.9. The van der Waals surface area contributed by atoms with Gasteiger partial charge in [0.2, 0.25) is 0 Å². The fourth-order valence-corrected chi connectivity index (χ4v) is 2.62. The molecule has 0 heterocycles. The van der Waals surface area contributed by atoms with Crippen LogP contribution in [0.1, 0.15) is 31.9 Å². The monoisotopic (exact) mass is 343 g/mol. The summed E-state index contributed by atoms with van der Waals surface area (Å²) >= 11 is 0. The van der Waals surface area contributed by atoms with Crippen molar-refractivity contribution in [2.45, 2.75) is 32.6 Å². The molecular formula is C21H29NO3. The Hall–Kier alpha value is -2.20. The minimum atomic E-state index is -0.0265. The molecule has 2 aromatic rings. The molecule has 25 heavy (non-hydrogen) atoms. The van der Waals surface area contributed by atoms with Gasteiger partial charge in [0.05, 0.1) is 7.11 Å². The molecule has 0 aliphatic heterocycles. The van der Waals surface area contributed by atoms with Gasteiger partial charge < -0.3 is 19.9 Å². The van der Waals surface area contributed by atoms with Crippen molar-refractivity contribution in [2.24, 2.45) is 5.73 Å². The lowest BCUT2D eigenvalue weighted by atomic mass is 9.86. The molecule has 0 radical (unpaired) electrons. The minimum Gasteiger partial charge on any atom is -0.497 e. The number of rotatable bonds is 8. The SMILES string of the molecule is COc1ccc(OCCOc2cccc(CCN)c2)c(C(C)(C)C)c1. The van der Waals surface area contributed by atoms with Gasteiger partial charge in [0.15, 0.2) is 0 Å². The smallest absolute Gasteiger partial charge is 0.123 e. The molecular weight excluding hydrogens is 314 g/mol. The zero-order valence-corrected chi connectivity index (χ0v) is 15.7. The molecule has 0 saturated heterocycles. The largest absolute Gasteiger partial charge is 0.497 e. The lowest BCUT2D eigenvalue weighted by Crippen LogP contribution is -2.16. The van der Waals surface area contributed by atoms with E-state index in [1.165, 1.54) is 5.56 Å². The fraction of sp³-hybridized carbons (Fsp3) is 0.429. The molecule has 0 fully saturated rings. The minimum absolute atomic E-state index is 0.0265. The topological polar surface area (TPSA) is 53.7 Å². The van der Waals surface area contributed by atoms with Crippen molar-refractivity contribution in [3.63, 3.8) is 0 Å². The maximum absolute atomic E-state index is 5.96. The molecule has 0 bridgehead atoms. The molecule has 0 aliphatic rings. The van der Waals surface area contributed by atoms with Crippen molar-refractivity contribution in [3.8, 4) is 17.2 Å². The second kappa shape index (κ2) is 8.77. The molecule has 2 N–H and O–H groups in total. The van der Waals surface area contributed by atoms with Crippen LogP contribution in [0.2, 0.25) is 0 Å². The van der Waals surface area contributed by atoms with Crippen molar-refractivity contribution in [1.29, 1.82) is 0 Å². The van der Waals surface area contributed by atoms with E-state index < -0.39 is 0 Å². The number of nitrogens with two attached hydrogens (primary N) is 1. The maximum atomic E-state index is 5.96. The van der Waals surface area contributed by atoms with Gasteiger partial charge in [-0.15, -0.1) is 0 Å². The molecule has 0 aliphatic carbocycles. The molecule has 0 atom stereocenters. The number of benzene rings is 2. The van der Waals surface area contributed by atoms with Gasteiger partial charge in [-0.2, -0.15) is 0 Å². The van der Waals surface area contributed by atoms with Crippen LogP contribution in [-0.4, -0.2) is 26.9 Å². The van der Waals surface area contributed by atoms with E-state index in [2.05, 4.69) is 26.8 Å². The zero-order chi connectivity index (χ0) is 18.3. The predicted octanol–water partition coefficient (Wildman–Crippen LogP) is 3.95. The van der Waals surface area contributed by atoms with Gasteiger partial charge >= 0.3 is 0 Å². The lowest BCUT2D eigenvalue weighted by Gasteiger charge is -2.23. The predicted molar refractivity (Wildman–Crippen MR) is 102 cm³/mol. The second-order valence-electron chi connectivity index (χ2n) is 7.00. The van der Waals surface area contributed by atoms with Crippen LogP contribution in [0.25, 0.3) is 0 Å². The first-order valence-corrected chi connectivity index (χ1v) is 8.67. The van der Waals surface area contributed by atoms with Crippen LogP contribution in [0.4, 0.5) is 0 Å². The highest BCUT2D eigenvalue weighted by molar-refractivity contribution is 5.44. The van der Waals surface area contributed by atoms with E-state index in [-0.39, 0.29) is 5.41 Å². The van der Waals surface area contributed by atoms with Crippen LogP contribution < -0.4 is 19.9 Å². The standard InChI is InChI=1S/C21H29NO3/c1-21(2,3)19-15-17(23-4)8-9-20(19)25-13-12-24-18-7-5-6-16(14-18)10-11-22/h5-9,14-15H,10-13,22H2,1-4H3. The Morgan fingerprint density at radius 3 is 2.36 bits per heavy atom. The van der Waals surface area contributed by atoms with Crippen LogP contribution in [0.15, 0.2) is 42.5 Å². The first-order valence-electron chi connectivity index (χ1n) is 8.67. The molecule has 0 aromatic heterocycles. The van der Waals surface area contributed by atoms with Gasteiger partial charge in [-0.3, -0.25) is 0 Å². The number of methoxy groups -OCH3 is 1. The first kappa shape index (κ1) is 19.1. The van der Waals surface area contributed by atoms with Crippen molar-refractivity contribution in [3.05, 3.63) is 53.6 Å². The lowest BCUT2D eigenvalue weighted by molar-refractivity contribution is 0.214. The van der Waals surface area contributed by atoms with Crippen molar-refractivity contribution in [2.75, 3.05) is 26.9 Å². The quantitative estimate of drug-likeness (QED) is 0.737. The zero-order valence-electron chi connectivity index (χ0n) is 15.7. The van der Waals surface area contributed by atoms with E-state index in [1.807, 2.05) is 36.4 Å². The van der Waals surface area contributed by atoms with E-state index in [9.17, 15) is 0 Å². The second-order valence-corrected chi connectivity index (χ2v) is 7.00. The fourth-order valence-electron chi connectivity index (χ4n) is 2.62. The summed E-state index contributed by atoms with van der Waals surface area (Å²) in [7, 11) is 1.68. The molecule has 136 valence electrons. The first-order chi connectivity index (χ1) is 11.9. The summed E-state index contributed by atoms with van der Waals surface area (Å²) < 4.78 is 17.1. The van der Waals surface area contributed by atoms with E-state index in [0.29, 0.717) is 19.8 Å². The van der Waals surface area contributed by atoms with E-state index in [0.717, 1.165) is 29.2 Å². The van der Waals surface area contributed by atoms with Crippen LogP contribution in [-0.2, 0) is 11.8 Å². The Bertz CT molecular complexity index is 677. The van der Waals surface area contributed by atoms with Gasteiger partial charge in [0, 0.05) is 5.56 Å². The number of hydrogen-bond acceptors (Lipinski definition) is 4. The summed E-state index contributed by atoms with van der Waals surface area (Å²) in [5.74, 6) is 2.55. The van der Waals surface area contributed by atoms with Crippen molar-refractivity contribution < 1.29 is 14.2 Å². The van der Waals surface area contributed by atoms with Crippen LogP contribution in [0.3, 0.4) is 0 Å². The Morgan fingerprint density at radius 2 is 1.68 bits per heavy atom. The Kier molecular flexibility index (Phi) is 6.71. The molecule has 4 nitrogen and oxygen atoms in total. The van der Waals surface area contributed by atoms with E-state index >= 15 is 0 Å². The summed E-state index contributed by atoms with van der Waals surface area (Å²) in [4.78, 5) is 0. The highest BCUT2D eigenvalue weighted by Gasteiger charge is 2.20. The third-order valence-electron chi connectivity index (χ3n) is 3.94.